The van der Waals surface area contributed by atoms with Gasteiger partial charge in [0.1, 0.15) is 5.69 Å². The van der Waals surface area contributed by atoms with E-state index in [2.05, 4.69) is 9.71 Å². The number of anilines is 1. The second-order valence-corrected chi connectivity index (χ2v) is 7.65. The third-order valence-electron chi connectivity index (χ3n) is 4.85. The summed E-state index contributed by atoms with van der Waals surface area (Å²) >= 11 is 0. The molecule has 0 saturated carbocycles. The fraction of sp³-hybridized carbons (Fsp3) is 0.316. The first-order valence-electron chi connectivity index (χ1n) is 9.20. The van der Waals surface area contributed by atoms with Gasteiger partial charge in [-0.3, -0.25) is 19.3 Å². The third-order valence-corrected chi connectivity index (χ3v) is 5.27. The average Bonchev–Trinajstić information content (AvgIpc) is 2.73. The summed E-state index contributed by atoms with van der Waals surface area (Å²) in [5.41, 5.74) is 0.328. The van der Waals surface area contributed by atoms with Crippen molar-refractivity contribution >= 4 is 28.4 Å². The summed E-state index contributed by atoms with van der Waals surface area (Å²) in [4.78, 5) is 31.8. The van der Waals surface area contributed by atoms with Gasteiger partial charge in [0.25, 0.3) is 11.8 Å². The van der Waals surface area contributed by atoms with Crippen LogP contribution in [-0.2, 0) is 17.1 Å². The number of nitrogens with zero attached hydrogens (tertiary/aromatic N) is 3. The van der Waals surface area contributed by atoms with Crippen LogP contribution in [0.4, 0.5) is 18.9 Å². The Labute approximate surface area is 177 Å². The standard InChI is InChI=1S/C19H19F3N4O4S/c1-12-10-13(2-4-15(12)24-31(29)30)17(27)25-6-8-26(9-7-25)18(28)16-5-3-14(11-23-16)19(20,21)22/h2-5,10-11,31H,6-9H2,1H3,(H,24,29,30). The lowest BCUT2D eigenvalue weighted by atomic mass is 10.1. The highest BCUT2D eigenvalue weighted by Crippen LogP contribution is 2.28. The van der Waals surface area contributed by atoms with Crippen molar-refractivity contribution in [3.05, 3.63) is 58.9 Å². The molecular weight excluding hydrogens is 437 g/mol. The molecule has 0 atom stereocenters. The van der Waals surface area contributed by atoms with E-state index >= 15 is 0 Å². The molecule has 1 fully saturated rings. The van der Waals surface area contributed by atoms with E-state index < -0.39 is 28.5 Å². The first-order valence-corrected chi connectivity index (χ1v) is 10.4. The highest BCUT2D eigenvalue weighted by Gasteiger charge is 2.32. The molecule has 1 saturated heterocycles. The van der Waals surface area contributed by atoms with E-state index in [0.29, 0.717) is 23.0 Å². The average molecular weight is 456 g/mol. The molecule has 166 valence electrons. The number of halogens is 3. The van der Waals surface area contributed by atoms with Crippen LogP contribution in [0.25, 0.3) is 0 Å². The third kappa shape index (κ3) is 5.32. The van der Waals surface area contributed by atoms with Crippen LogP contribution < -0.4 is 4.72 Å². The molecule has 2 aromatic rings. The predicted molar refractivity (Wildman–Crippen MR) is 106 cm³/mol. The number of aromatic nitrogens is 1. The van der Waals surface area contributed by atoms with Gasteiger partial charge >= 0.3 is 6.18 Å². The van der Waals surface area contributed by atoms with E-state index in [0.717, 1.165) is 12.1 Å². The number of carbonyl (C=O) groups excluding carboxylic acids is 2. The van der Waals surface area contributed by atoms with Crippen molar-refractivity contribution < 1.29 is 31.2 Å². The number of hydrogen-bond donors (Lipinski definition) is 2. The van der Waals surface area contributed by atoms with Gasteiger partial charge in [0, 0.05) is 37.9 Å². The van der Waals surface area contributed by atoms with Crippen LogP contribution in [0.3, 0.4) is 0 Å². The van der Waals surface area contributed by atoms with Gasteiger partial charge in [0.2, 0.25) is 10.9 Å². The number of aryl methyl sites for hydroxylation is 1. The fourth-order valence-corrected chi connectivity index (χ4v) is 3.61. The predicted octanol–water partition coefficient (Wildman–Crippen LogP) is 1.95. The topological polar surface area (TPSA) is 99.7 Å². The SMILES string of the molecule is Cc1cc(C(=O)N2CCN(C(=O)c3ccc(C(F)(F)F)cn3)CC2)ccc1N[SH](=O)=O. The number of hydrogen-bond acceptors (Lipinski definition) is 5. The largest absolute Gasteiger partial charge is 0.417 e. The van der Waals surface area contributed by atoms with Crippen molar-refractivity contribution in [1.82, 2.24) is 14.8 Å². The molecule has 0 radical (unpaired) electrons. The molecule has 1 aromatic heterocycles. The molecule has 2 amide bonds. The minimum absolute atomic E-state index is 0.0943. The van der Waals surface area contributed by atoms with Gasteiger partial charge in [-0.15, -0.1) is 0 Å². The van der Waals surface area contributed by atoms with Crippen molar-refractivity contribution in [2.24, 2.45) is 0 Å². The summed E-state index contributed by atoms with van der Waals surface area (Å²) in [6.07, 6.45) is -3.91. The number of nitrogens with one attached hydrogen (secondary N) is 1. The van der Waals surface area contributed by atoms with Gasteiger partial charge in [0.15, 0.2) is 0 Å². The lowest BCUT2D eigenvalue weighted by Crippen LogP contribution is -2.50. The minimum atomic E-state index is -4.53. The van der Waals surface area contributed by atoms with Crippen LogP contribution in [0.5, 0.6) is 0 Å². The summed E-state index contributed by atoms with van der Waals surface area (Å²) in [6.45, 7) is 2.59. The van der Waals surface area contributed by atoms with E-state index in [9.17, 15) is 31.2 Å². The zero-order chi connectivity index (χ0) is 22.8. The van der Waals surface area contributed by atoms with E-state index in [1.54, 1.807) is 17.9 Å². The normalized spacial score (nSPS) is 14.6. The maximum Gasteiger partial charge on any atom is 0.417 e. The highest BCUT2D eigenvalue weighted by atomic mass is 32.2. The lowest BCUT2D eigenvalue weighted by Gasteiger charge is -2.34. The van der Waals surface area contributed by atoms with Gasteiger partial charge in [-0.05, 0) is 42.8 Å². The number of carbonyl (C=O) groups is 2. The minimum Gasteiger partial charge on any atom is -0.335 e. The summed E-state index contributed by atoms with van der Waals surface area (Å²) in [6, 6.07) is 6.44. The quantitative estimate of drug-likeness (QED) is 0.686. The summed E-state index contributed by atoms with van der Waals surface area (Å²) < 4.78 is 61.8. The number of rotatable bonds is 4. The molecule has 8 nitrogen and oxygen atoms in total. The molecule has 1 aliphatic heterocycles. The van der Waals surface area contributed by atoms with E-state index in [4.69, 9.17) is 0 Å². The first kappa shape index (κ1) is 22.5. The van der Waals surface area contributed by atoms with E-state index in [1.807, 2.05) is 0 Å². The van der Waals surface area contributed by atoms with Crippen LogP contribution in [-0.4, -0.2) is 61.2 Å². The summed E-state index contributed by atoms with van der Waals surface area (Å²) in [5.74, 6) is -0.764. The molecule has 0 bridgehead atoms. The molecule has 1 aromatic carbocycles. The lowest BCUT2D eigenvalue weighted by molar-refractivity contribution is -0.137. The fourth-order valence-electron chi connectivity index (χ4n) is 3.17. The zero-order valence-corrected chi connectivity index (χ0v) is 17.2. The molecule has 31 heavy (non-hydrogen) atoms. The molecule has 0 unspecified atom stereocenters. The Kier molecular flexibility index (Phi) is 6.48. The number of alkyl halides is 3. The second kappa shape index (κ2) is 8.92. The Morgan fingerprint density at radius 3 is 2.10 bits per heavy atom. The molecule has 0 spiro atoms. The molecule has 1 aliphatic rings. The number of benzene rings is 1. The van der Waals surface area contributed by atoms with Crippen LogP contribution >= 0.6 is 0 Å². The second-order valence-electron chi connectivity index (χ2n) is 6.91. The van der Waals surface area contributed by atoms with Crippen LogP contribution in [0, 0.1) is 6.92 Å². The molecule has 3 rings (SSSR count). The van der Waals surface area contributed by atoms with Gasteiger partial charge in [-0.1, -0.05) is 0 Å². The van der Waals surface area contributed by atoms with Crippen LogP contribution in [0.1, 0.15) is 32.0 Å². The number of piperazine rings is 1. The van der Waals surface area contributed by atoms with Gasteiger partial charge in [-0.2, -0.15) is 13.2 Å². The molecule has 0 aliphatic carbocycles. The van der Waals surface area contributed by atoms with Crippen LogP contribution in [0.2, 0.25) is 0 Å². The number of thiol groups is 1. The molecular formula is C19H19F3N4O4S. The Morgan fingerprint density at radius 1 is 1.00 bits per heavy atom. The van der Waals surface area contributed by atoms with Gasteiger partial charge in [0.05, 0.1) is 11.3 Å². The van der Waals surface area contributed by atoms with Crippen molar-refractivity contribution in [2.75, 3.05) is 30.9 Å². The van der Waals surface area contributed by atoms with Crippen molar-refractivity contribution in [1.29, 1.82) is 0 Å². The van der Waals surface area contributed by atoms with Gasteiger partial charge < -0.3 is 9.80 Å². The molecule has 2 heterocycles. The Bertz CT molecular complexity index is 1050. The first-order chi connectivity index (χ1) is 14.6. The number of pyridine rings is 1. The Morgan fingerprint density at radius 2 is 1.61 bits per heavy atom. The smallest absolute Gasteiger partial charge is 0.335 e. The maximum atomic E-state index is 12.7. The van der Waals surface area contributed by atoms with Crippen molar-refractivity contribution in [2.45, 2.75) is 13.1 Å². The van der Waals surface area contributed by atoms with Crippen molar-refractivity contribution in [3.8, 4) is 0 Å². The summed E-state index contributed by atoms with van der Waals surface area (Å²) in [5, 5.41) is 0. The van der Waals surface area contributed by atoms with E-state index in [-0.39, 0.29) is 37.8 Å². The zero-order valence-electron chi connectivity index (χ0n) is 16.3. The molecule has 12 heteroatoms. The molecule has 1 N–H and O–H groups in total. The monoisotopic (exact) mass is 456 g/mol. The van der Waals surface area contributed by atoms with E-state index in [1.165, 1.54) is 17.0 Å². The Balaban J connectivity index is 1.62. The highest BCUT2D eigenvalue weighted by molar-refractivity contribution is 7.73. The summed E-state index contributed by atoms with van der Waals surface area (Å²) in [7, 11) is -2.81. The van der Waals surface area contributed by atoms with Crippen LogP contribution in [0.15, 0.2) is 36.5 Å². The van der Waals surface area contributed by atoms with Gasteiger partial charge in [-0.25, -0.2) is 8.42 Å². The maximum absolute atomic E-state index is 12.7. The van der Waals surface area contributed by atoms with Crippen molar-refractivity contribution in [3.63, 3.8) is 0 Å². The Hall–Kier alpha value is -3.15. The number of amides is 2.